The van der Waals surface area contributed by atoms with Gasteiger partial charge in [0.1, 0.15) is 5.56 Å². The number of rotatable bonds is 7. The van der Waals surface area contributed by atoms with Crippen LogP contribution in [0.3, 0.4) is 0 Å². The van der Waals surface area contributed by atoms with Gasteiger partial charge in [0.2, 0.25) is 21.4 Å². The van der Waals surface area contributed by atoms with E-state index in [4.69, 9.17) is 5.14 Å². The number of hydrogen-bond acceptors (Lipinski definition) is 5. The molecule has 9 nitrogen and oxygen atoms in total. The molecule has 3 rings (SSSR count). The van der Waals surface area contributed by atoms with Crippen molar-refractivity contribution in [1.82, 2.24) is 15.6 Å². The largest absolute Gasteiger partial charge is 0.360 e. The molecular formula is C20H20N4O5S. The van der Waals surface area contributed by atoms with Crippen molar-refractivity contribution in [2.24, 2.45) is 5.14 Å². The summed E-state index contributed by atoms with van der Waals surface area (Å²) < 4.78 is 22.5. The molecule has 0 saturated carbocycles. The molecule has 1 aromatic heterocycles. The molecule has 10 heteroatoms. The van der Waals surface area contributed by atoms with Crippen molar-refractivity contribution < 1.29 is 18.0 Å². The quantitative estimate of drug-likeness (QED) is 0.426. The normalized spacial score (nSPS) is 11.2. The smallest absolute Gasteiger partial charge is 0.257 e. The first-order chi connectivity index (χ1) is 14.3. The first-order valence-electron chi connectivity index (χ1n) is 9.03. The summed E-state index contributed by atoms with van der Waals surface area (Å²) >= 11 is 0. The molecule has 30 heavy (non-hydrogen) atoms. The van der Waals surface area contributed by atoms with Crippen molar-refractivity contribution >= 4 is 32.7 Å². The van der Waals surface area contributed by atoms with E-state index < -0.39 is 27.3 Å². The summed E-state index contributed by atoms with van der Waals surface area (Å²) in [7, 11) is -3.74. The second-order valence-electron chi connectivity index (χ2n) is 6.55. The van der Waals surface area contributed by atoms with Crippen LogP contribution in [0, 0.1) is 0 Å². The highest BCUT2D eigenvalue weighted by atomic mass is 32.2. The fourth-order valence-corrected chi connectivity index (χ4v) is 3.36. The zero-order valence-electron chi connectivity index (χ0n) is 15.8. The predicted octanol–water partition coefficient (Wildman–Crippen LogP) is 0.264. The van der Waals surface area contributed by atoms with Crippen LogP contribution in [0.25, 0.3) is 10.9 Å². The number of primary sulfonamides is 1. The SMILES string of the molecule is NS(=O)(=O)c1ccc(CCNC(=O)CNC(=O)c2c[nH]c3ccccc3c2=O)cc1. The molecule has 0 fully saturated rings. The predicted molar refractivity (Wildman–Crippen MR) is 111 cm³/mol. The number of pyridine rings is 1. The second kappa shape index (κ2) is 8.89. The van der Waals surface area contributed by atoms with Gasteiger partial charge in [-0.2, -0.15) is 0 Å². The summed E-state index contributed by atoms with van der Waals surface area (Å²) in [5, 5.41) is 10.5. The van der Waals surface area contributed by atoms with Gasteiger partial charge >= 0.3 is 0 Å². The highest BCUT2D eigenvalue weighted by Gasteiger charge is 2.14. The van der Waals surface area contributed by atoms with Crippen LogP contribution in [-0.2, 0) is 21.2 Å². The number of aromatic nitrogens is 1. The number of carbonyl (C=O) groups is 2. The summed E-state index contributed by atoms with van der Waals surface area (Å²) in [6.45, 7) is 0.00936. The number of nitrogens with two attached hydrogens (primary N) is 1. The minimum Gasteiger partial charge on any atom is -0.360 e. The maximum absolute atomic E-state index is 12.4. The summed E-state index contributed by atoms with van der Waals surface area (Å²) in [6.07, 6.45) is 1.79. The molecule has 0 atom stereocenters. The molecule has 0 aliphatic carbocycles. The van der Waals surface area contributed by atoms with Crippen LogP contribution in [0.1, 0.15) is 15.9 Å². The number of carbonyl (C=O) groups excluding carboxylic acids is 2. The lowest BCUT2D eigenvalue weighted by molar-refractivity contribution is -0.120. The molecule has 0 radical (unpaired) electrons. The average molecular weight is 428 g/mol. The van der Waals surface area contributed by atoms with Gasteiger partial charge in [-0.3, -0.25) is 14.4 Å². The number of hydrogen-bond donors (Lipinski definition) is 4. The van der Waals surface area contributed by atoms with Crippen molar-refractivity contribution in [3.05, 3.63) is 76.1 Å². The number of fused-ring (bicyclic) bond motifs is 1. The Morgan fingerprint density at radius 1 is 1.00 bits per heavy atom. The van der Waals surface area contributed by atoms with E-state index in [1.165, 1.54) is 18.3 Å². The third-order valence-electron chi connectivity index (χ3n) is 4.43. The fraction of sp³-hybridized carbons (Fsp3) is 0.150. The first-order valence-corrected chi connectivity index (χ1v) is 10.6. The molecule has 3 aromatic rings. The molecular weight excluding hydrogens is 408 g/mol. The van der Waals surface area contributed by atoms with Gasteiger partial charge in [-0.25, -0.2) is 13.6 Å². The minimum atomic E-state index is -3.74. The fourth-order valence-electron chi connectivity index (χ4n) is 2.85. The maximum atomic E-state index is 12.4. The standard InChI is InChI=1S/C20H20N4O5S/c21-30(28,29)14-7-5-13(6-8-14)9-10-22-18(25)12-24-20(27)16-11-23-17-4-2-1-3-15(17)19(16)26/h1-8,11H,9-10,12H2,(H,22,25)(H,23,26)(H,24,27)(H2,21,28,29). The van der Waals surface area contributed by atoms with E-state index in [1.54, 1.807) is 36.4 Å². The first kappa shape index (κ1) is 21.2. The van der Waals surface area contributed by atoms with E-state index >= 15 is 0 Å². The summed E-state index contributed by atoms with van der Waals surface area (Å²) in [4.78, 5) is 39.5. The van der Waals surface area contributed by atoms with Crippen LogP contribution in [0.4, 0.5) is 0 Å². The number of sulfonamides is 1. The lowest BCUT2D eigenvalue weighted by Crippen LogP contribution is -2.39. The number of benzene rings is 2. The monoisotopic (exact) mass is 428 g/mol. The molecule has 1 heterocycles. The van der Waals surface area contributed by atoms with Gasteiger partial charge in [0.15, 0.2) is 0 Å². The highest BCUT2D eigenvalue weighted by Crippen LogP contribution is 2.09. The number of amides is 2. The number of H-pyrrole nitrogens is 1. The van der Waals surface area contributed by atoms with Crippen molar-refractivity contribution in [1.29, 1.82) is 0 Å². The number of aromatic amines is 1. The molecule has 5 N–H and O–H groups in total. The van der Waals surface area contributed by atoms with E-state index in [1.807, 2.05) is 0 Å². The topological polar surface area (TPSA) is 151 Å². The Balaban J connectivity index is 1.49. The summed E-state index contributed by atoms with van der Waals surface area (Å²) in [5.74, 6) is -1.06. The van der Waals surface area contributed by atoms with E-state index in [2.05, 4.69) is 15.6 Å². The van der Waals surface area contributed by atoms with E-state index in [9.17, 15) is 22.8 Å². The highest BCUT2D eigenvalue weighted by molar-refractivity contribution is 7.89. The van der Waals surface area contributed by atoms with Gasteiger partial charge < -0.3 is 15.6 Å². The van der Waals surface area contributed by atoms with Gasteiger partial charge in [0.25, 0.3) is 5.91 Å². The van der Waals surface area contributed by atoms with Crippen LogP contribution in [0.15, 0.2) is 64.4 Å². The zero-order chi connectivity index (χ0) is 21.7. The van der Waals surface area contributed by atoms with Crippen LogP contribution in [0.2, 0.25) is 0 Å². The molecule has 0 saturated heterocycles. The molecule has 0 spiro atoms. The van der Waals surface area contributed by atoms with Crippen LogP contribution >= 0.6 is 0 Å². The summed E-state index contributed by atoms with van der Waals surface area (Å²) in [5.41, 5.74) is 0.949. The van der Waals surface area contributed by atoms with Crippen molar-refractivity contribution in [3.8, 4) is 0 Å². The molecule has 156 valence electrons. The van der Waals surface area contributed by atoms with Gasteiger partial charge in [-0.15, -0.1) is 0 Å². The van der Waals surface area contributed by atoms with Gasteiger partial charge in [-0.05, 0) is 36.2 Å². The number of para-hydroxylation sites is 1. The third-order valence-corrected chi connectivity index (χ3v) is 5.36. The van der Waals surface area contributed by atoms with Crippen LogP contribution < -0.4 is 21.2 Å². The van der Waals surface area contributed by atoms with Gasteiger partial charge in [-0.1, -0.05) is 24.3 Å². The lowest BCUT2D eigenvalue weighted by Gasteiger charge is -2.08. The molecule has 0 bridgehead atoms. The molecule has 2 aromatic carbocycles. The van der Waals surface area contributed by atoms with Crippen molar-refractivity contribution in [3.63, 3.8) is 0 Å². The average Bonchev–Trinajstić information content (AvgIpc) is 2.72. The molecule has 2 amide bonds. The Morgan fingerprint density at radius 3 is 2.40 bits per heavy atom. The Morgan fingerprint density at radius 2 is 1.70 bits per heavy atom. The zero-order valence-corrected chi connectivity index (χ0v) is 16.7. The van der Waals surface area contributed by atoms with E-state index in [0.717, 1.165) is 5.56 Å². The Labute approximate surface area is 172 Å². The van der Waals surface area contributed by atoms with Crippen LogP contribution in [-0.4, -0.2) is 38.3 Å². The Hall–Kier alpha value is -3.50. The van der Waals surface area contributed by atoms with E-state index in [-0.39, 0.29) is 17.0 Å². The minimum absolute atomic E-state index is 0.0154. The Bertz CT molecular complexity index is 1250. The van der Waals surface area contributed by atoms with Crippen LogP contribution in [0.5, 0.6) is 0 Å². The van der Waals surface area contributed by atoms with Crippen molar-refractivity contribution in [2.75, 3.05) is 13.1 Å². The maximum Gasteiger partial charge on any atom is 0.257 e. The second-order valence-corrected chi connectivity index (χ2v) is 8.11. The lowest BCUT2D eigenvalue weighted by atomic mass is 10.1. The van der Waals surface area contributed by atoms with E-state index in [0.29, 0.717) is 23.9 Å². The molecule has 0 aliphatic heterocycles. The molecule has 0 unspecified atom stereocenters. The Kier molecular flexibility index (Phi) is 6.28. The molecule has 0 aliphatic rings. The third kappa shape index (κ3) is 5.10. The van der Waals surface area contributed by atoms with Gasteiger partial charge in [0, 0.05) is 23.6 Å². The number of nitrogens with one attached hydrogen (secondary N) is 3. The summed E-state index contributed by atoms with van der Waals surface area (Å²) in [6, 6.07) is 12.8. The van der Waals surface area contributed by atoms with Gasteiger partial charge in [0.05, 0.1) is 11.4 Å². The van der Waals surface area contributed by atoms with Crippen molar-refractivity contribution in [2.45, 2.75) is 11.3 Å².